The van der Waals surface area contributed by atoms with Gasteiger partial charge in [-0.15, -0.1) is 0 Å². The molecule has 0 fully saturated rings. The van der Waals surface area contributed by atoms with Gasteiger partial charge in [0.1, 0.15) is 5.75 Å². The molecule has 17 heavy (non-hydrogen) atoms. The highest BCUT2D eigenvalue weighted by atomic mass is 19.3. The quantitative estimate of drug-likeness (QED) is 0.751. The van der Waals surface area contributed by atoms with Crippen molar-refractivity contribution in [3.05, 3.63) is 29.8 Å². The number of hydrogen-bond acceptors (Lipinski definition) is 3. The third-order valence-corrected chi connectivity index (χ3v) is 2.18. The molecule has 0 aliphatic heterocycles. The van der Waals surface area contributed by atoms with Crippen LogP contribution in [0.25, 0.3) is 0 Å². The normalized spacial score (nSPS) is 12.8. The topological polar surface area (TPSA) is 44.5 Å². The number of para-hydroxylation sites is 1. The Morgan fingerprint density at radius 3 is 2.65 bits per heavy atom. The average Bonchev–Trinajstić information content (AvgIpc) is 2.29. The first-order chi connectivity index (χ1) is 8.15. The van der Waals surface area contributed by atoms with Crippen molar-refractivity contribution >= 4 is 0 Å². The largest absolute Gasteiger partial charge is 0.434 e. The van der Waals surface area contributed by atoms with Crippen LogP contribution in [-0.2, 0) is 4.74 Å². The van der Waals surface area contributed by atoms with Crippen molar-refractivity contribution in [3.8, 4) is 5.75 Å². The van der Waals surface area contributed by atoms with Gasteiger partial charge in [-0.2, -0.15) is 8.78 Å². The Bertz CT molecular complexity index is 334. The zero-order valence-electron chi connectivity index (χ0n) is 9.74. The van der Waals surface area contributed by atoms with Gasteiger partial charge in [-0.3, -0.25) is 0 Å². The van der Waals surface area contributed by atoms with E-state index in [1.807, 2.05) is 6.92 Å². The van der Waals surface area contributed by atoms with Crippen molar-refractivity contribution in [2.45, 2.75) is 26.0 Å². The molecule has 96 valence electrons. The van der Waals surface area contributed by atoms with Crippen LogP contribution in [-0.4, -0.2) is 19.8 Å². The highest BCUT2D eigenvalue weighted by Gasteiger charge is 2.14. The van der Waals surface area contributed by atoms with Crippen molar-refractivity contribution in [2.75, 3.05) is 13.2 Å². The van der Waals surface area contributed by atoms with Crippen LogP contribution in [0.2, 0.25) is 0 Å². The number of alkyl halides is 2. The molecule has 0 heterocycles. The smallest absolute Gasteiger partial charge is 0.387 e. The summed E-state index contributed by atoms with van der Waals surface area (Å²) in [5, 5.41) is 0. The summed E-state index contributed by atoms with van der Waals surface area (Å²) >= 11 is 0. The number of ether oxygens (including phenoxy) is 2. The minimum absolute atomic E-state index is 0.107. The second-order valence-corrected chi connectivity index (χ2v) is 3.60. The maximum Gasteiger partial charge on any atom is 0.387 e. The molecule has 1 aromatic rings. The molecule has 0 saturated heterocycles. The molecule has 1 rings (SSSR count). The monoisotopic (exact) mass is 245 g/mol. The lowest BCUT2D eigenvalue weighted by molar-refractivity contribution is -0.0508. The minimum atomic E-state index is -2.85. The van der Waals surface area contributed by atoms with E-state index in [1.165, 1.54) is 6.07 Å². The fourth-order valence-electron chi connectivity index (χ4n) is 1.43. The molecule has 0 aliphatic carbocycles. The summed E-state index contributed by atoms with van der Waals surface area (Å²) in [7, 11) is 0. The van der Waals surface area contributed by atoms with E-state index in [4.69, 9.17) is 10.5 Å². The Hall–Kier alpha value is -1.20. The summed E-state index contributed by atoms with van der Waals surface area (Å²) in [5.74, 6) is 0.107. The Kier molecular flexibility index (Phi) is 5.86. The SMILES string of the molecule is CCCOCC(N)c1ccccc1OC(F)F. The molecule has 0 radical (unpaired) electrons. The molecule has 0 aromatic heterocycles. The standard InChI is InChI=1S/C12H17F2NO2/c1-2-7-16-8-10(15)9-5-3-4-6-11(9)17-12(13)14/h3-6,10,12H,2,7-8,15H2,1H3. The van der Waals surface area contributed by atoms with Gasteiger partial charge in [0.2, 0.25) is 0 Å². The second kappa shape index (κ2) is 7.19. The van der Waals surface area contributed by atoms with E-state index in [0.717, 1.165) is 6.42 Å². The van der Waals surface area contributed by atoms with E-state index in [9.17, 15) is 8.78 Å². The maximum atomic E-state index is 12.2. The Morgan fingerprint density at radius 1 is 1.29 bits per heavy atom. The van der Waals surface area contributed by atoms with Crippen LogP contribution >= 0.6 is 0 Å². The molecule has 1 aromatic carbocycles. The minimum Gasteiger partial charge on any atom is -0.434 e. The molecular formula is C12H17F2NO2. The van der Waals surface area contributed by atoms with Crippen LogP contribution in [0.15, 0.2) is 24.3 Å². The van der Waals surface area contributed by atoms with Crippen molar-refractivity contribution in [1.29, 1.82) is 0 Å². The van der Waals surface area contributed by atoms with Gasteiger partial charge in [0, 0.05) is 12.2 Å². The van der Waals surface area contributed by atoms with Gasteiger partial charge in [0.25, 0.3) is 0 Å². The van der Waals surface area contributed by atoms with Gasteiger partial charge in [-0.1, -0.05) is 25.1 Å². The molecule has 5 heteroatoms. The van der Waals surface area contributed by atoms with Crippen molar-refractivity contribution < 1.29 is 18.3 Å². The van der Waals surface area contributed by atoms with Crippen molar-refractivity contribution in [3.63, 3.8) is 0 Å². The Labute approximate surface area is 99.5 Å². The molecule has 1 unspecified atom stereocenters. The predicted octanol–water partition coefficient (Wildman–Crippen LogP) is 2.71. The fourth-order valence-corrected chi connectivity index (χ4v) is 1.43. The van der Waals surface area contributed by atoms with Crippen LogP contribution in [0, 0.1) is 0 Å². The summed E-state index contributed by atoms with van der Waals surface area (Å²) in [6.07, 6.45) is 0.891. The van der Waals surface area contributed by atoms with Gasteiger partial charge < -0.3 is 15.2 Å². The van der Waals surface area contributed by atoms with Crippen molar-refractivity contribution in [2.24, 2.45) is 5.73 Å². The first-order valence-electron chi connectivity index (χ1n) is 5.52. The number of benzene rings is 1. The molecule has 0 spiro atoms. The van der Waals surface area contributed by atoms with E-state index in [0.29, 0.717) is 12.2 Å². The van der Waals surface area contributed by atoms with Crippen LogP contribution in [0.1, 0.15) is 24.9 Å². The van der Waals surface area contributed by atoms with Gasteiger partial charge >= 0.3 is 6.61 Å². The predicted molar refractivity (Wildman–Crippen MR) is 61.1 cm³/mol. The molecular weight excluding hydrogens is 228 g/mol. The van der Waals surface area contributed by atoms with E-state index in [1.54, 1.807) is 18.2 Å². The molecule has 3 nitrogen and oxygen atoms in total. The van der Waals surface area contributed by atoms with Gasteiger partial charge in [-0.25, -0.2) is 0 Å². The van der Waals surface area contributed by atoms with Crippen LogP contribution in [0.4, 0.5) is 8.78 Å². The lowest BCUT2D eigenvalue weighted by Gasteiger charge is -2.16. The fraction of sp³-hybridized carbons (Fsp3) is 0.500. The van der Waals surface area contributed by atoms with Crippen LogP contribution in [0.5, 0.6) is 5.75 Å². The highest BCUT2D eigenvalue weighted by Crippen LogP contribution is 2.25. The zero-order valence-corrected chi connectivity index (χ0v) is 9.74. The summed E-state index contributed by atoms with van der Waals surface area (Å²) < 4.78 is 34.0. The summed E-state index contributed by atoms with van der Waals surface area (Å²) in [5.41, 5.74) is 6.39. The van der Waals surface area contributed by atoms with Gasteiger partial charge in [0.05, 0.1) is 12.6 Å². The number of hydrogen-bond donors (Lipinski definition) is 1. The zero-order chi connectivity index (χ0) is 12.7. The lowest BCUT2D eigenvalue weighted by Crippen LogP contribution is -2.19. The Morgan fingerprint density at radius 2 is 2.00 bits per heavy atom. The molecule has 2 N–H and O–H groups in total. The highest BCUT2D eigenvalue weighted by molar-refractivity contribution is 5.35. The first-order valence-corrected chi connectivity index (χ1v) is 5.52. The van der Waals surface area contributed by atoms with E-state index in [2.05, 4.69) is 4.74 Å². The lowest BCUT2D eigenvalue weighted by atomic mass is 10.1. The molecule has 0 saturated carbocycles. The average molecular weight is 245 g/mol. The maximum absolute atomic E-state index is 12.2. The second-order valence-electron chi connectivity index (χ2n) is 3.60. The Balaban J connectivity index is 2.67. The number of nitrogens with two attached hydrogens (primary N) is 1. The van der Waals surface area contributed by atoms with E-state index in [-0.39, 0.29) is 12.4 Å². The van der Waals surface area contributed by atoms with E-state index < -0.39 is 12.7 Å². The number of halogens is 2. The van der Waals surface area contributed by atoms with Crippen molar-refractivity contribution in [1.82, 2.24) is 0 Å². The first kappa shape index (κ1) is 13.9. The molecule has 0 bridgehead atoms. The van der Waals surface area contributed by atoms with Gasteiger partial charge in [-0.05, 0) is 12.5 Å². The molecule has 1 atom stereocenters. The number of rotatable bonds is 7. The van der Waals surface area contributed by atoms with Crippen LogP contribution < -0.4 is 10.5 Å². The third kappa shape index (κ3) is 4.66. The molecule has 0 amide bonds. The summed E-state index contributed by atoms with van der Waals surface area (Å²) in [6.45, 7) is 0.0301. The van der Waals surface area contributed by atoms with Crippen LogP contribution in [0.3, 0.4) is 0 Å². The summed E-state index contributed by atoms with van der Waals surface area (Å²) in [4.78, 5) is 0. The van der Waals surface area contributed by atoms with Gasteiger partial charge in [0.15, 0.2) is 0 Å². The third-order valence-electron chi connectivity index (χ3n) is 2.18. The summed E-state index contributed by atoms with van der Waals surface area (Å²) in [6, 6.07) is 6.03. The molecule has 0 aliphatic rings. The van der Waals surface area contributed by atoms with E-state index >= 15 is 0 Å².